The van der Waals surface area contributed by atoms with Crippen LogP contribution < -0.4 is 0 Å². The van der Waals surface area contributed by atoms with Gasteiger partial charge in [0, 0.05) is 30.0 Å². The number of rotatable bonds is 2. The van der Waals surface area contributed by atoms with Gasteiger partial charge in [0.25, 0.3) is 0 Å². The molecule has 2 fully saturated rings. The molecule has 0 radical (unpaired) electrons. The van der Waals surface area contributed by atoms with E-state index in [9.17, 15) is 25.1 Å². The van der Waals surface area contributed by atoms with Crippen molar-refractivity contribution >= 4 is 11.8 Å². The number of hydrogen-bond donors (Lipinski definition) is 2. The first-order chi connectivity index (χ1) is 10.5. The smallest absolute Gasteiger partial charge is 0.407 e. The average molecular weight is 320 g/mol. The lowest BCUT2D eigenvalue weighted by molar-refractivity contribution is -0.385. The summed E-state index contributed by atoms with van der Waals surface area (Å²) in [5.74, 6) is -0.370. The minimum Gasteiger partial charge on any atom is -0.502 e. The Morgan fingerprint density at radius 2 is 2.00 bits per heavy atom. The van der Waals surface area contributed by atoms with Gasteiger partial charge in [-0.1, -0.05) is 26.8 Å². The molecule has 1 saturated heterocycles. The number of carbonyl (C=O) groups is 1. The summed E-state index contributed by atoms with van der Waals surface area (Å²) in [6.45, 7) is 7.07. The Bertz CT molecular complexity index is 711. The van der Waals surface area contributed by atoms with Crippen LogP contribution in [0.2, 0.25) is 0 Å². The highest BCUT2D eigenvalue weighted by Gasteiger charge is 2.77. The zero-order valence-electron chi connectivity index (χ0n) is 13.4. The Morgan fingerprint density at radius 1 is 1.35 bits per heavy atom. The minimum absolute atomic E-state index is 0.116. The second kappa shape index (κ2) is 4.37. The topological polar surface area (TPSA) is 104 Å². The van der Waals surface area contributed by atoms with Gasteiger partial charge in [-0.3, -0.25) is 10.1 Å². The molecule has 1 aromatic rings. The molecule has 0 unspecified atom stereocenters. The SMILES string of the molecule is CC(C)(C)[C@]12CN(C(=O)O)C[C@]1(c1ccc([N+](=O)[O-])c(O)c1)C2. The predicted molar refractivity (Wildman–Crippen MR) is 82.5 cm³/mol. The molecule has 3 rings (SSSR count). The first-order valence-corrected chi connectivity index (χ1v) is 7.50. The maximum absolute atomic E-state index is 11.4. The first-order valence-electron chi connectivity index (χ1n) is 7.50. The lowest BCUT2D eigenvalue weighted by Gasteiger charge is -2.32. The monoisotopic (exact) mass is 320 g/mol. The maximum atomic E-state index is 11.4. The number of phenols is 1. The quantitative estimate of drug-likeness (QED) is 0.644. The molecule has 1 amide bonds. The van der Waals surface area contributed by atoms with Crippen molar-refractivity contribution in [2.24, 2.45) is 10.8 Å². The number of benzene rings is 1. The molecule has 0 aromatic heterocycles. The van der Waals surface area contributed by atoms with Crippen LogP contribution >= 0.6 is 0 Å². The van der Waals surface area contributed by atoms with Gasteiger partial charge in [0.15, 0.2) is 5.75 Å². The van der Waals surface area contributed by atoms with Gasteiger partial charge in [-0.05, 0) is 23.5 Å². The van der Waals surface area contributed by atoms with E-state index in [4.69, 9.17) is 0 Å². The van der Waals surface area contributed by atoms with E-state index in [0.717, 1.165) is 12.0 Å². The fourth-order valence-corrected chi connectivity index (χ4v) is 4.39. The summed E-state index contributed by atoms with van der Waals surface area (Å²) in [7, 11) is 0. The first kappa shape index (κ1) is 15.6. The Kier molecular flexibility index (Phi) is 2.96. The van der Waals surface area contributed by atoms with Crippen LogP contribution in [0.25, 0.3) is 0 Å². The molecule has 7 heteroatoms. The summed E-state index contributed by atoms with van der Waals surface area (Å²) in [5, 5.41) is 30.2. The molecular formula is C16H20N2O5. The Labute approximate surface area is 133 Å². The molecule has 2 aliphatic rings. The maximum Gasteiger partial charge on any atom is 0.407 e. The van der Waals surface area contributed by atoms with Gasteiger partial charge in [-0.25, -0.2) is 4.79 Å². The number of likely N-dealkylation sites (tertiary alicyclic amines) is 1. The molecular weight excluding hydrogens is 300 g/mol. The number of piperidine rings is 1. The van der Waals surface area contributed by atoms with Crippen LogP contribution in [0.15, 0.2) is 18.2 Å². The number of phenolic OH excluding ortho intramolecular Hbond substituents is 1. The number of amides is 1. The summed E-state index contributed by atoms with van der Waals surface area (Å²) < 4.78 is 0. The third kappa shape index (κ3) is 1.92. The van der Waals surface area contributed by atoms with E-state index in [2.05, 4.69) is 20.8 Å². The van der Waals surface area contributed by atoms with Crippen LogP contribution in [-0.2, 0) is 5.41 Å². The lowest BCUT2D eigenvalue weighted by Crippen LogP contribution is -2.34. The third-order valence-electron chi connectivity index (χ3n) is 5.75. The standard InChI is InChI=1S/C16H20N2O5/c1-14(2,3)16-7-15(16,8-17(9-16)13(20)21)10-4-5-11(18(22)23)12(19)6-10/h4-6,19H,7-9H2,1-3H3,(H,20,21)/t15-,16-/m0/s1. The van der Waals surface area contributed by atoms with Crippen molar-refractivity contribution in [3.8, 4) is 5.75 Å². The van der Waals surface area contributed by atoms with Crippen molar-refractivity contribution in [1.82, 2.24) is 4.90 Å². The number of nitrogens with zero attached hydrogens (tertiary/aromatic N) is 2. The van der Waals surface area contributed by atoms with Gasteiger partial charge >= 0.3 is 11.8 Å². The molecule has 1 saturated carbocycles. The van der Waals surface area contributed by atoms with Crippen LogP contribution in [0.3, 0.4) is 0 Å². The minimum atomic E-state index is -0.952. The Morgan fingerprint density at radius 3 is 2.48 bits per heavy atom. The lowest BCUT2D eigenvalue weighted by atomic mass is 9.72. The normalized spacial score (nSPS) is 29.3. The van der Waals surface area contributed by atoms with Crippen LogP contribution in [0.5, 0.6) is 5.75 Å². The van der Waals surface area contributed by atoms with Gasteiger partial charge in [-0.15, -0.1) is 0 Å². The van der Waals surface area contributed by atoms with E-state index in [1.165, 1.54) is 17.0 Å². The Balaban J connectivity index is 2.06. The third-order valence-corrected chi connectivity index (χ3v) is 5.75. The molecule has 1 aromatic carbocycles. The van der Waals surface area contributed by atoms with Crippen molar-refractivity contribution in [2.75, 3.05) is 13.1 Å². The summed E-state index contributed by atoms with van der Waals surface area (Å²) >= 11 is 0. The fourth-order valence-electron chi connectivity index (χ4n) is 4.39. The highest BCUT2D eigenvalue weighted by atomic mass is 16.6. The highest BCUT2D eigenvalue weighted by molar-refractivity contribution is 5.68. The average Bonchev–Trinajstić information content (AvgIpc) is 2.96. The zero-order valence-corrected chi connectivity index (χ0v) is 13.4. The molecule has 2 N–H and O–H groups in total. The van der Waals surface area contributed by atoms with E-state index in [1.807, 2.05) is 0 Å². The number of aromatic hydroxyl groups is 1. The zero-order chi connectivity index (χ0) is 17.2. The summed E-state index contributed by atoms with van der Waals surface area (Å²) in [4.78, 5) is 23.1. The second-order valence-corrected chi connectivity index (χ2v) is 7.69. The van der Waals surface area contributed by atoms with Gasteiger partial charge < -0.3 is 15.1 Å². The van der Waals surface area contributed by atoms with Crippen LogP contribution in [0.1, 0.15) is 32.8 Å². The van der Waals surface area contributed by atoms with E-state index in [1.54, 1.807) is 6.07 Å². The number of nitro groups is 1. The van der Waals surface area contributed by atoms with Gasteiger partial charge in [0.2, 0.25) is 0 Å². The number of hydrogen-bond acceptors (Lipinski definition) is 4. The predicted octanol–water partition coefficient (Wildman–Crippen LogP) is 2.97. The van der Waals surface area contributed by atoms with E-state index >= 15 is 0 Å². The molecule has 0 spiro atoms. The summed E-state index contributed by atoms with van der Waals surface area (Å²) in [5.41, 5.74) is -0.259. The van der Waals surface area contributed by atoms with Crippen LogP contribution in [-0.4, -0.2) is 39.2 Å². The molecule has 23 heavy (non-hydrogen) atoms. The molecule has 1 aliphatic heterocycles. The fraction of sp³-hybridized carbons (Fsp3) is 0.562. The summed E-state index contributed by atoms with van der Waals surface area (Å²) in [6.07, 6.45) is -0.129. The molecule has 2 atom stereocenters. The highest BCUT2D eigenvalue weighted by Crippen LogP contribution is 2.75. The molecule has 0 bridgehead atoms. The largest absolute Gasteiger partial charge is 0.502 e. The van der Waals surface area contributed by atoms with Gasteiger partial charge in [0.1, 0.15) is 0 Å². The molecule has 1 heterocycles. The van der Waals surface area contributed by atoms with Crippen molar-refractivity contribution in [1.29, 1.82) is 0 Å². The number of nitro benzene ring substituents is 1. The van der Waals surface area contributed by atoms with Crippen LogP contribution in [0, 0.1) is 20.9 Å². The summed E-state index contributed by atoms with van der Waals surface area (Å²) in [6, 6.07) is 4.38. The van der Waals surface area contributed by atoms with E-state index in [0.29, 0.717) is 13.1 Å². The van der Waals surface area contributed by atoms with E-state index < -0.39 is 11.0 Å². The van der Waals surface area contributed by atoms with Crippen LogP contribution in [0.4, 0.5) is 10.5 Å². The molecule has 1 aliphatic carbocycles. The molecule has 7 nitrogen and oxygen atoms in total. The van der Waals surface area contributed by atoms with Gasteiger partial charge in [-0.2, -0.15) is 0 Å². The van der Waals surface area contributed by atoms with Crippen molar-refractivity contribution < 1.29 is 19.9 Å². The van der Waals surface area contributed by atoms with Crippen molar-refractivity contribution in [2.45, 2.75) is 32.6 Å². The van der Waals surface area contributed by atoms with Gasteiger partial charge in [0.05, 0.1) is 4.92 Å². The molecule has 124 valence electrons. The van der Waals surface area contributed by atoms with Crippen molar-refractivity contribution in [3.05, 3.63) is 33.9 Å². The number of fused-ring (bicyclic) bond motifs is 1. The second-order valence-electron chi connectivity index (χ2n) is 7.69. The van der Waals surface area contributed by atoms with Crippen molar-refractivity contribution in [3.63, 3.8) is 0 Å². The van der Waals surface area contributed by atoms with E-state index in [-0.39, 0.29) is 27.7 Å². The number of carboxylic acid groups (broad SMARTS) is 1. The Hall–Kier alpha value is -2.31.